The Labute approximate surface area is 277 Å². The summed E-state index contributed by atoms with van der Waals surface area (Å²) in [5.74, 6) is -0.758. The van der Waals surface area contributed by atoms with Crippen LogP contribution in [0.3, 0.4) is 0 Å². The van der Waals surface area contributed by atoms with E-state index < -0.39 is 5.97 Å². The average Bonchev–Trinajstić information content (AvgIpc) is 3.04. The maximum atomic E-state index is 13.7. The van der Waals surface area contributed by atoms with Crippen LogP contribution in [-0.4, -0.2) is 30.9 Å². The molecule has 0 heterocycles. The van der Waals surface area contributed by atoms with Crippen LogP contribution in [0.25, 0.3) is 0 Å². The largest absolute Gasteiger partial charge is 0.462 e. The highest BCUT2D eigenvalue weighted by atomic mass is 16.5. The lowest BCUT2D eigenvalue weighted by Gasteiger charge is -2.19. The minimum absolute atomic E-state index is 0.0465. The molecule has 1 rings (SSSR count). The van der Waals surface area contributed by atoms with Crippen LogP contribution in [0.2, 0.25) is 0 Å². The first kappa shape index (κ1) is 40.9. The van der Waals surface area contributed by atoms with Crippen molar-refractivity contribution < 1.29 is 23.9 Å². The van der Waals surface area contributed by atoms with Gasteiger partial charge in [0, 0.05) is 0 Å². The van der Waals surface area contributed by atoms with Crippen molar-refractivity contribution in [3.63, 3.8) is 0 Å². The zero-order valence-corrected chi connectivity index (χ0v) is 29.8. The number of carbonyl (C=O) groups is 3. The first-order chi connectivity index (χ1) is 22.0. The minimum Gasteiger partial charge on any atom is -0.462 e. The predicted molar refractivity (Wildman–Crippen MR) is 188 cm³/mol. The first-order valence-corrected chi connectivity index (χ1v) is 18.9. The maximum absolute atomic E-state index is 13.7. The quantitative estimate of drug-likeness (QED) is 0.0468. The summed E-state index contributed by atoms with van der Waals surface area (Å²) in [4.78, 5) is 39.3. The Morgan fingerprint density at radius 2 is 0.889 bits per heavy atom. The number of hydrogen-bond donors (Lipinski definition) is 0. The molecule has 1 aliphatic carbocycles. The Balaban J connectivity index is 2.98. The smallest absolute Gasteiger partial charge is 0.338 e. The van der Waals surface area contributed by atoms with E-state index in [-0.39, 0.29) is 11.8 Å². The summed E-state index contributed by atoms with van der Waals surface area (Å²) >= 11 is 0. The summed E-state index contributed by atoms with van der Waals surface area (Å²) in [6.07, 6.45) is 30.6. The summed E-state index contributed by atoms with van der Waals surface area (Å²) in [7, 11) is 0. The normalized spacial score (nSPS) is 13.6. The molecule has 0 saturated heterocycles. The molecule has 5 heteroatoms. The Hall–Kier alpha value is -2.17. The highest BCUT2D eigenvalue weighted by molar-refractivity contribution is 6.04. The number of ether oxygens (including phenoxy) is 2. The van der Waals surface area contributed by atoms with Crippen molar-refractivity contribution in [1.29, 1.82) is 0 Å². The molecule has 0 atom stereocenters. The zero-order valence-electron chi connectivity index (χ0n) is 29.8. The highest BCUT2D eigenvalue weighted by Crippen LogP contribution is 2.30. The molecular weight excluding hydrogens is 560 g/mol. The molecule has 0 spiro atoms. The van der Waals surface area contributed by atoms with Crippen molar-refractivity contribution in [3.05, 3.63) is 34.4 Å². The number of ketones is 1. The van der Waals surface area contributed by atoms with E-state index in [4.69, 9.17) is 9.47 Å². The van der Waals surface area contributed by atoms with E-state index in [1.807, 2.05) is 6.08 Å². The van der Waals surface area contributed by atoms with Gasteiger partial charge in [0.25, 0.3) is 0 Å². The van der Waals surface area contributed by atoms with E-state index in [2.05, 4.69) is 20.8 Å². The van der Waals surface area contributed by atoms with Crippen LogP contribution in [0.15, 0.2) is 34.4 Å². The van der Waals surface area contributed by atoms with E-state index in [1.54, 1.807) is 13.0 Å². The molecule has 0 aromatic heterocycles. The van der Waals surface area contributed by atoms with Crippen LogP contribution in [0.5, 0.6) is 0 Å². The second-order valence-corrected chi connectivity index (χ2v) is 13.0. The SMILES string of the molecule is CCCCCCCCCCOC(=O)/C(CCCCCCCC)=C(\C(=O)OCCCCCCCCCC)C1=CC=C(C(C)=O)CC1. The third-order valence-corrected chi connectivity index (χ3v) is 8.92. The third-order valence-electron chi connectivity index (χ3n) is 8.92. The van der Waals surface area contributed by atoms with Gasteiger partial charge in [-0.25, -0.2) is 9.59 Å². The Bertz CT molecular complexity index is 910. The Morgan fingerprint density at radius 1 is 0.511 bits per heavy atom. The summed E-state index contributed by atoms with van der Waals surface area (Å²) in [5, 5.41) is 0. The molecule has 1 aliphatic rings. The van der Waals surface area contributed by atoms with Crippen molar-refractivity contribution in [2.24, 2.45) is 0 Å². The average molecular weight is 629 g/mol. The van der Waals surface area contributed by atoms with Crippen LogP contribution >= 0.6 is 0 Å². The predicted octanol–water partition coefficient (Wildman–Crippen LogP) is 11.6. The van der Waals surface area contributed by atoms with Crippen LogP contribution in [0.1, 0.15) is 188 Å². The fourth-order valence-corrected chi connectivity index (χ4v) is 5.96. The molecule has 0 fully saturated rings. The fourth-order valence-electron chi connectivity index (χ4n) is 5.96. The van der Waals surface area contributed by atoms with Gasteiger partial charge in [-0.3, -0.25) is 4.79 Å². The minimum atomic E-state index is -0.422. The van der Waals surface area contributed by atoms with Crippen LogP contribution in [-0.2, 0) is 23.9 Å². The molecule has 0 aromatic carbocycles. The number of unbranched alkanes of at least 4 members (excludes halogenated alkanes) is 19. The number of rotatable bonds is 29. The van der Waals surface area contributed by atoms with Crippen LogP contribution in [0, 0.1) is 0 Å². The lowest BCUT2D eigenvalue weighted by Crippen LogP contribution is -2.20. The second kappa shape index (κ2) is 28.1. The van der Waals surface area contributed by atoms with Gasteiger partial charge in [0.05, 0.1) is 24.4 Å². The summed E-state index contributed by atoms with van der Waals surface area (Å²) in [6, 6.07) is 0. The van der Waals surface area contributed by atoms with Gasteiger partial charge in [-0.15, -0.1) is 0 Å². The van der Waals surface area contributed by atoms with Gasteiger partial charge in [-0.1, -0.05) is 155 Å². The topological polar surface area (TPSA) is 69.7 Å². The summed E-state index contributed by atoms with van der Waals surface area (Å²) in [6.45, 7) is 8.98. The monoisotopic (exact) mass is 629 g/mol. The van der Waals surface area contributed by atoms with Crippen molar-refractivity contribution in [1.82, 2.24) is 0 Å². The molecule has 0 saturated carbocycles. The van der Waals surface area contributed by atoms with Crippen molar-refractivity contribution in [2.75, 3.05) is 13.2 Å². The molecule has 0 N–H and O–H groups in total. The summed E-state index contributed by atoms with van der Waals surface area (Å²) in [5.41, 5.74) is 2.37. The molecule has 5 nitrogen and oxygen atoms in total. The Kier molecular flexibility index (Phi) is 25.5. The van der Waals surface area contributed by atoms with Gasteiger partial charge >= 0.3 is 11.9 Å². The molecule has 0 bridgehead atoms. The van der Waals surface area contributed by atoms with E-state index in [0.29, 0.717) is 43.6 Å². The van der Waals surface area contributed by atoms with E-state index >= 15 is 0 Å². The van der Waals surface area contributed by atoms with Gasteiger partial charge in [0.1, 0.15) is 0 Å². The molecule has 258 valence electrons. The number of allylic oxidation sites excluding steroid dienone is 3. The molecule has 0 aromatic rings. The van der Waals surface area contributed by atoms with Gasteiger partial charge in [-0.2, -0.15) is 0 Å². The van der Waals surface area contributed by atoms with Gasteiger partial charge < -0.3 is 9.47 Å². The third kappa shape index (κ3) is 19.8. The number of Topliss-reactive ketones (excluding diaryl/α,β-unsaturated/α-hetero) is 1. The number of esters is 2. The maximum Gasteiger partial charge on any atom is 0.338 e. The van der Waals surface area contributed by atoms with Crippen LogP contribution in [0.4, 0.5) is 0 Å². The summed E-state index contributed by atoms with van der Waals surface area (Å²) < 4.78 is 11.7. The fraction of sp³-hybridized carbons (Fsp3) is 0.775. The lowest BCUT2D eigenvalue weighted by atomic mass is 9.88. The number of carbonyl (C=O) groups excluding carboxylic acids is 3. The van der Waals surface area contributed by atoms with E-state index in [0.717, 1.165) is 68.9 Å². The van der Waals surface area contributed by atoms with Crippen molar-refractivity contribution >= 4 is 17.7 Å². The first-order valence-electron chi connectivity index (χ1n) is 18.9. The second-order valence-electron chi connectivity index (χ2n) is 13.0. The van der Waals surface area contributed by atoms with Crippen molar-refractivity contribution in [3.8, 4) is 0 Å². The van der Waals surface area contributed by atoms with Gasteiger partial charge in [0.2, 0.25) is 0 Å². The van der Waals surface area contributed by atoms with Crippen LogP contribution < -0.4 is 0 Å². The van der Waals surface area contributed by atoms with Gasteiger partial charge in [-0.05, 0) is 56.6 Å². The molecular formula is C40H68O5. The molecule has 0 radical (unpaired) electrons. The zero-order chi connectivity index (χ0) is 33.0. The van der Waals surface area contributed by atoms with Crippen molar-refractivity contribution in [2.45, 2.75) is 188 Å². The number of hydrogen-bond acceptors (Lipinski definition) is 5. The Morgan fingerprint density at radius 3 is 1.31 bits per heavy atom. The van der Waals surface area contributed by atoms with E-state index in [9.17, 15) is 14.4 Å². The highest BCUT2D eigenvalue weighted by Gasteiger charge is 2.27. The molecule has 45 heavy (non-hydrogen) atoms. The molecule has 0 unspecified atom stereocenters. The molecule has 0 aliphatic heterocycles. The van der Waals surface area contributed by atoms with Gasteiger partial charge in [0.15, 0.2) is 5.78 Å². The lowest BCUT2D eigenvalue weighted by molar-refractivity contribution is -0.142. The van der Waals surface area contributed by atoms with E-state index in [1.165, 1.54) is 83.5 Å². The standard InChI is InChI=1S/C40H68O5/c1-5-8-11-14-17-19-22-25-32-44-39(42)37(27-24-21-16-13-10-7-3)38(36-30-28-35(29-31-36)34(4)41)40(43)45-33-26-23-20-18-15-12-9-6-2/h28,30H,5-27,29,31-33H2,1-4H3/b38-37-. The molecule has 0 amide bonds.